The Bertz CT molecular complexity index is 846. The third-order valence-corrected chi connectivity index (χ3v) is 5.98. The first-order chi connectivity index (χ1) is 12.1. The van der Waals surface area contributed by atoms with Crippen molar-refractivity contribution in [2.24, 2.45) is 0 Å². The van der Waals surface area contributed by atoms with Gasteiger partial charge in [-0.05, 0) is 49.7 Å². The van der Waals surface area contributed by atoms with Crippen LogP contribution in [0.5, 0.6) is 0 Å². The van der Waals surface area contributed by atoms with Crippen LogP contribution in [0.1, 0.15) is 17.4 Å². The summed E-state index contributed by atoms with van der Waals surface area (Å²) in [6.45, 7) is 3.61. The molecule has 1 amide bonds. The van der Waals surface area contributed by atoms with Crippen LogP contribution in [-0.2, 0) is 17.6 Å². The van der Waals surface area contributed by atoms with Crippen LogP contribution in [0.4, 0.5) is 5.13 Å². The molecule has 2 heterocycles. The number of aromatic nitrogens is 1. The standard InChI is InChI=1S/C19H23N3OS2.ClH/c1-4-14-7-8-16-17(12-14)25-19(20-16)22(10-9-21(2)3)18(23)13-15-6-5-11-24-15;/h5-8,11-12H,4,9-10,13H2,1-3H3;1H. The zero-order valence-corrected chi connectivity index (χ0v) is 17.7. The smallest absolute Gasteiger partial charge is 0.234 e. The summed E-state index contributed by atoms with van der Waals surface area (Å²) in [6.07, 6.45) is 1.44. The Kier molecular flexibility index (Phi) is 7.58. The van der Waals surface area contributed by atoms with Crippen molar-refractivity contribution >= 4 is 56.3 Å². The van der Waals surface area contributed by atoms with Crippen LogP contribution in [0, 0.1) is 0 Å². The molecule has 2 aromatic heterocycles. The molecule has 0 unspecified atom stereocenters. The summed E-state index contributed by atoms with van der Waals surface area (Å²) >= 11 is 3.23. The van der Waals surface area contributed by atoms with E-state index in [-0.39, 0.29) is 18.3 Å². The number of thiazole rings is 1. The van der Waals surface area contributed by atoms with Crippen molar-refractivity contribution in [3.63, 3.8) is 0 Å². The molecule has 0 N–H and O–H groups in total. The number of benzene rings is 1. The third-order valence-electron chi connectivity index (χ3n) is 4.06. The van der Waals surface area contributed by atoms with Crippen LogP contribution in [0.15, 0.2) is 35.7 Å². The first kappa shape index (κ1) is 20.8. The predicted octanol–water partition coefficient (Wildman–Crippen LogP) is 4.48. The summed E-state index contributed by atoms with van der Waals surface area (Å²) in [6, 6.07) is 10.4. The summed E-state index contributed by atoms with van der Waals surface area (Å²) in [4.78, 5) is 22.7. The van der Waals surface area contributed by atoms with E-state index in [4.69, 9.17) is 4.98 Å². The second kappa shape index (κ2) is 9.46. The first-order valence-corrected chi connectivity index (χ1v) is 10.1. The Balaban J connectivity index is 0.00000243. The summed E-state index contributed by atoms with van der Waals surface area (Å²) in [5.74, 6) is 0.110. The van der Waals surface area contributed by atoms with E-state index in [0.717, 1.165) is 33.2 Å². The number of carbonyl (C=O) groups excluding carboxylic acids is 1. The van der Waals surface area contributed by atoms with Gasteiger partial charge in [-0.3, -0.25) is 9.69 Å². The molecule has 0 spiro atoms. The Hall–Kier alpha value is -1.47. The van der Waals surface area contributed by atoms with E-state index in [2.05, 4.69) is 30.0 Å². The molecule has 3 aromatic rings. The van der Waals surface area contributed by atoms with Gasteiger partial charge in [-0.1, -0.05) is 30.4 Å². The largest absolute Gasteiger partial charge is 0.308 e. The van der Waals surface area contributed by atoms with E-state index in [1.807, 2.05) is 36.5 Å². The van der Waals surface area contributed by atoms with Crippen LogP contribution in [0.25, 0.3) is 10.2 Å². The molecule has 0 atom stereocenters. The average Bonchev–Trinajstić information content (AvgIpc) is 3.23. The minimum absolute atomic E-state index is 0. The van der Waals surface area contributed by atoms with Crippen LogP contribution >= 0.6 is 35.1 Å². The van der Waals surface area contributed by atoms with Gasteiger partial charge in [0.15, 0.2) is 5.13 Å². The van der Waals surface area contributed by atoms with Crippen molar-refractivity contribution in [2.75, 3.05) is 32.1 Å². The lowest BCUT2D eigenvalue weighted by atomic mass is 10.2. The topological polar surface area (TPSA) is 36.4 Å². The number of rotatable bonds is 7. The van der Waals surface area contributed by atoms with Gasteiger partial charge in [0, 0.05) is 18.0 Å². The molecule has 0 radical (unpaired) electrons. The van der Waals surface area contributed by atoms with Gasteiger partial charge in [0.25, 0.3) is 0 Å². The van der Waals surface area contributed by atoms with Gasteiger partial charge in [0.05, 0.1) is 16.6 Å². The first-order valence-electron chi connectivity index (χ1n) is 8.43. The molecule has 0 saturated carbocycles. The fourth-order valence-electron chi connectivity index (χ4n) is 2.58. The molecule has 26 heavy (non-hydrogen) atoms. The van der Waals surface area contributed by atoms with Crippen molar-refractivity contribution in [1.82, 2.24) is 9.88 Å². The lowest BCUT2D eigenvalue weighted by Gasteiger charge is -2.21. The van der Waals surface area contributed by atoms with Crippen molar-refractivity contribution in [3.05, 3.63) is 46.2 Å². The molecule has 0 saturated heterocycles. The van der Waals surface area contributed by atoms with Crippen molar-refractivity contribution in [1.29, 1.82) is 0 Å². The highest BCUT2D eigenvalue weighted by molar-refractivity contribution is 7.22. The van der Waals surface area contributed by atoms with Gasteiger partial charge >= 0.3 is 0 Å². The van der Waals surface area contributed by atoms with Crippen LogP contribution in [0.2, 0.25) is 0 Å². The molecular weight excluding hydrogens is 386 g/mol. The monoisotopic (exact) mass is 409 g/mol. The molecule has 4 nitrogen and oxygen atoms in total. The number of carbonyl (C=O) groups is 1. The minimum atomic E-state index is 0. The molecule has 7 heteroatoms. The molecule has 1 aromatic carbocycles. The van der Waals surface area contributed by atoms with Gasteiger partial charge in [-0.25, -0.2) is 4.98 Å². The van der Waals surface area contributed by atoms with Gasteiger partial charge in [-0.2, -0.15) is 0 Å². The number of nitrogens with zero attached hydrogens (tertiary/aromatic N) is 3. The second-order valence-corrected chi connectivity index (χ2v) is 8.30. The van der Waals surface area contributed by atoms with Crippen LogP contribution < -0.4 is 4.90 Å². The van der Waals surface area contributed by atoms with Gasteiger partial charge in [0.2, 0.25) is 5.91 Å². The highest BCUT2D eigenvalue weighted by Crippen LogP contribution is 2.30. The number of amides is 1. The van der Waals surface area contributed by atoms with Crippen molar-refractivity contribution in [3.8, 4) is 0 Å². The molecule has 0 aliphatic carbocycles. The van der Waals surface area contributed by atoms with Crippen molar-refractivity contribution < 1.29 is 4.79 Å². The number of halogens is 1. The Morgan fingerprint density at radius 2 is 2.00 bits per heavy atom. The number of hydrogen-bond donors (Lipinski definition) is 0. The Morgan fingerprint density at radius 3 is 2.65 bits per heavy atom. The molecule has 3 rings (SSSR count). The highest BCUT2D eigenvalue weighted by Gasteiger charge is 2.20. The van der Waals surface area contributed by atoms with Crippen LogP contribution in [0.3, 0.4) is 0 Å². The predicted molar refractivity (Wildman–Crippen MR) is 115 cm³/mol. The normalized spacial score (nSPS) is 10.9. The summed E-state index contributed by atoms with van der Waals surface area (Å²) in [5.41, 5.74) is 2.27. The van der Waals surface area contributed by atoms with Gasteiger partial charge in [0.1, 0.15) is 0 Å². The molecule has 140 valence electrons. The maximum atomic E-state index is 12.9. The SMILES string of the molecule is CCc1ccc2nc(N(CCN(C)C)C(=O)Cc3cccs3)sc2c1.Cl. The lowest BCUT2D eigenvalue weighted by Crippen LogP contribution is -2.37. The zero-order valence-electron chi connectivity index (χ0n) is 15.3. The molecule has 0 aliphatic heterocycles. The number of likely N-dealkylation sites (N-methyl/N-ethyl adjacent to an activating group) is 1. The second-order valence-electron chi connectivity index (χ2n) is 6.26. The van der Waals surface area contributed by atoms with E-state index in [1.165, 1.54) is 5.56 Å². The van der Waals surface area contributed by atoms with Gasteiger partial charge < -0.3 is 4.90 Å². The van der Waals surface area contributed by atoms with E-state index < -0.39 is 0 Å². The number of fused-ring (bicyclic) bond motifs is 1. The Morgan fingerprint density at radius 1 is 1.19 bits per heavy atom. The molecule has 0 bridgehead atoms. The van der Waals surface area contributed by atoms with E-state index in [9.17, 15) is 4.79 Å². The summed E-state index contributed by atoms with van der Waals surface area (Å²) in [7, 11) is 4.04. The lowest BCUT2D eigenvalue weighted by molar-refractivity contribution is -0.118. The molecule has 0 fully saturated rings. The fourth-order valence-corrected chi connectivity index (χ4v) is 4.35. The third kappa shape index (κ3) is 5.04. The van der Waals surface area contributed by atoms with Crippen molar-refractivity contribution in [2.45, 2.75) is 19.8 Å². The zero-order chi connectivity index (χ0) is 17.8. The summed E-state index contributed by atoms with van der Waals surface area (Å²) < 4.78 is 1.15. The minimum Gasteiger partial charge on any atom is -0.308 e. The van der Waals surface area contributed by atoms with Gasteiger partial charge in [-0.15, -0.1) is 23.7 Å². The molecular formula is C19H24ClN3OS2. The number of thiophene rings is 1. The number of anilines is 1. The van der Waals surface area contributed by atoms with E-state index in [0.29, 0.717) is 13.0 Å². The van der Waals surface area contributed by atoms with Crippen LogP contribution in [-0.4, -0.2) is 43.0 Å². The highest BCUT2D eigenvalue weighted by atomic mass is 35.5. The summed E-state index contributed by atoms with van der Waals surface area (Å²) in [5, 5.41) is 2.81. The number of aryl methyl sites for hydroxylation is 1. The van der Waals surface area contributed by atoms with E-state index >= 15 is 0 Å². The van der Waals surface area contributed by atoms with E-state index in [1.54, 1.807) is 22.7 Å². The maximum Gasteiger partial charge on any atom is 0.234 e. The average molecular weight is 410 g/mol. The quantitative estimate of drug-likeness (QED) is 0.577. The maximum absolute atomic E-state index is 12.9. The molecule has 0 aliphatic rings. The fraction of sp³-hybridized carbons (Fsp3) is 0.368. The Labute approximate surface area is 168 Å². The number of hydrogen-bond acceptors (Lipinski definition) is 5.